The van der Waals surface area contributed by atoms with Gasteiger partial charge in [-0.2, -0.15) is 0 Å². The summed E-state index contributed by atoms with van der Waals surface area (Å²) in [6.45, 7) is 2.58. The predicted octanol–water partition coefficient (Wildman–Crippen LogP) is 4.17. The van der Waals surface area contributed by atoms with Crippen molar-refractivity contribution in [3.8, 4) is 11.4 Å². The average Bonchev–Trinajstić information content (AvgIpc) is 2.96. The molecule has 0 spiro atoms. The number of rotatable bonds is 6. The van der Waals surface area contributed by atoms with Crippen LogP contribution in [0, 0.1) is 6.92 Å². The van der Waals surface area contributed by atoms with Gasteiger partial charge in [-0.3, -0.25) is 4.98 Å². The predicted molar refractivity (Wildman–Crippen MR) is 100 cm³/mol. The Kier molecular flexibility index (Phi) is 5.06. The molecule has 0 saturated carbocycles. The first-order valence-electron chi connectivity index (χ1n) is 8.22. The van der Waals surface area contributed by atoms with Gasteiger partial charge in [0.2, 0.25) is 0 Å². The van der Waals surface area contributed by atoms with Gasteiger partial charge < -0.3 is 15.8 Å². The van der Waals surface area contributed by atoms with Gasteiger partial charge in [-0.05, 0) is 62.1 Å². The Morgan fingerprint density at radius 1 is 1.28 bits per heavy atom. The summed E-state index contributed by atoms with van der Waals surface area (Å²) in [5.74, 6) is -0.968. The molecule has 0 aliphatic rings. The van der Waals surface area contributed by atoms with E-state index in [1.807, 2.05) is 19.1 Å². The molecule has 1 aromatic carbocycles. The zero-order valence-corrected chi connectivity index (χ0v) is 14.7. The first-order valence-corrected chi connectivity index (χ1v) is 8.60. The molecule has 0 unspecified atom stereocenters. The van der Waals surface area contributed by atoms with Crippen LogP contribution in [0.3, 0.4) is 0 Å². The number of carboxylic acids is 1. The zero-order valence-electron chi connectivity index (χ0n) is 14.0. The van der Waals surface area contributed by atoms with Gasteiger partial charge >= 0.3 is 5.97 Å². The third-order valence-electron chi connectivity index (χ3n) is 4.29. The van der Waals surface area contributed by atoms with E-state index in [1.54, 1.807) is 18.3 Å². The van der Waals surface area contributed by atoms with Gasteiger partial charge in [-0.25, -0.2) is 4.79 Å². The standard InChI is InChI=1S/C19H20ClN3O2/c1-11-5-8-15(22-10-11)17-12(4-2-3-9-21)16-13(19(24)25)6-7-14(20)18(16)23-17/h5-8,10,23H,2-4,9,21H2,1H3,(H,24,25). The summed E-state index contributed by atoms with van der Waals surface area (Å²) in [5.41, 5.74) is 10.1. The van der Waals surface area contributed by atoms with Crippen molar-refractivity contribution in [3.63, 3.8) is 0 Å². The normalized spacial score (nSPS) is 11.2. The number of aromatic carboxylic acids is 1. The monoisotopic (exact) mass is 357 g/mol. The summed E-state index contributed by atoms with van der Waals surface area (Å²) >= 11 is 6.33. The Balaban J connectivity index is 2.26. The first-order chi connectivity index (χ1) is 12.0. The summed E-state index contributed by atoms with van der Waals surface area (Å²) in [5, 5.41) is 10.8. The number of benzene rings is 1. The molecule has 0 radical (unpaired) electrons. The number of nitrogens with one attached hydrogen (secondary N) is 1. The van der Waals surface area contributed by atoms with Crippen LogP contribution in [0.25, 0.3) is 22.3 Å². The summed E-state index contributed by atoms with van der Waals surface area (Å²) in [6.07, 6.45) is 4.25. The fourth-order valence-electron chi connectivity index (χ4n) is 3.05. The van der Waals surface area contributed by atoms with Crippen molar-refractivity contribution >= 4 is 28.5 Å². The van der Waals surface area contributed by atoms with Crippen LogP contribution >= 0.6 is 11.6 Å². The molecule has 5 nitrogen and oxygen atoms in total. The molecule has 130 valence electrons. The van der Waals surface area contributed by atoms with Crippen molar-refractivity contribution in [1.82, 2.24) is 9.97 Å². The third-order valence-corrected chi connectivity index (χ3v) is 4.60. The second-order valence-electron chi connectivity index (χ2n) is 6.10. The van der Waals surface area contributed by atoms with Crippen LogP contribution < -0.4 is 5.73 Å². The van der Waals surface area contributed by atoms with E-state index >= 15 is 0 Å². The second kappa shape index (κ2) is 7.25. The molecule has 2 heterocycles. The van der Waals surface area contributed by atoms with E-state index in [0.717, 1.165) is 35.4 Å². The topological polar surface area (TPSA) is 92.0 Å². The minimum atomic E-state index is -0.968. The number of carboxylic acid groups (broad SMARTS) is 1. The minimum absolute atomic E-state index is 0.247. The van der Waals surface area contributed by atoms with Gasteiger partial charge in [0.25, 0.3) is 0 Å². The molecule has 0 aliphatic carbocycles. The van der Waals surface area contributed by atoms with Crippen LogP contribution in [0.15, 0.2) is 30.5 Å². The molecule has 0 atom stereocenters. The fraction of sp³-hybridized carbons (Fsp3) is 0.263. The van der Waals surface area contributed by atoms with E-state index in [-0.39, 0.29) is 5.56 Å². The first kappa shape index (κ1) is 17.5. The second-order valence-corrected chi connectivity index (χ2v) is 6.50. The number of fused-ring (bicyclic) bond motifs is 1. The number of carbonyl (C=O) groups is 1. The Bertz CT molecular complexity index is 917. The lowest BCUT2D eigenvalue weighted by Gasteiger charge is -2.06. The van der Waals surface area contributed by atoms with Crippen LogP contribution in [0.4, 0.5) is 0 Å². The zero-order chi connectivity index (χ0) is 18.0. The van der Waals surface area contributed by atoms with Crippen LogP contribution in [0.1, 0.15) is 34.3 Å². The molecular weight excluding hydrogens is 338 g/mol. The molecule has 0 saturated heterocycles. The number of aromatic amines is 1. The molecule has 0 aliphatic heterocycles. The highest BCUT2D eigenvalue weighted by molar-refractivity contribution is 6.36. The van der Waals surface area contributed by atoms with Crippen molar-refractivity contribution in [3.05, 3.63) is 52.2 Å². The number of nitrogens with two attached hydrogens (primary N) is 1. The van der Waals surface area contributed by atoms with E-state index in [9.17, 15) is 9.90 Å². The quantitative estimate of drug-likeness (QED) is 0.577. The summed E-state index contributed by atoms with van der Waals surface area (Å²) < 4.78 is 0. The smallest absolute Gasteiger partial charge is 0.336 e. The maximum Gasteiger partial charge on any atom is 0.336 e. The molecule has 25 heavy (non-hydrogen) atoms. The SMILES string of the molecule is Cc1ccc(-c2[nH]c3c(Cl)ccc(C(=O)O)c3c2CCCCN)nc1. The van der Waals surface area contributed by atoms with Gasteiger partial charge in [0.05, 0.1) is 27.5 Å². The maximum atomic E-state index is 11.7. The number of aryl methyl sites for hydroxylation is 2. The van der Waals surface area contributed by atoms with Crippen LogP contribution in [0.5, 0.6) is 0 Å². The van der Waals surface area contributed by atoms with Crippen molar-refractivity contribution < 1.29 is 9.90 Å². The highest BCUT2D eigenvalue weighted by Crippen LogP contribution is 2.36. The van der Waals surface area contributed by atoms with Crippen molar-refractivity contribution in [2.75, 3.05) is 6.54 Å². The van der Waals surface area contributed by atoms with Crippen LogP contribution in [-0.4, -0.2) is 27.6 Å². The number of hydrogen-bond donors (Lipinski definition) is 3. The largest absolute Gasteiger partial charge is 0.478 e. The molecule has 3 rings (SSSR count). The van der Waals surface area contributed by atoms with Gasteiger partial charge in [0.1, 0.15) is 0 Å². The minimum Gasteiger partial charge on any atom is -0.478 e. The molecule has 3 aromatic rings. The lowest BCUT2D eigenvalue weighted by Crippen LogP contribution is -2.01. The number of pyridine rings is 1. The van der Waals surface area contributed by atoms with E-state index in [4.69, 9.17) is 17.3 Å². The summed E-state index contributed by atoms with van der Waals surface area (Å²) in [4.78, 5) is 19.5. The Labute approximate surface area is 150 Å². The molecule has 0 fully saturated rings. The number of halogens is 1. The molecule has 0 bridgehead atoms. The highest BCUT2D eigenvalue weighted by Gasteiger charge is 2.21. The summed E-state index contributed by atoms with van der Waals surface area (Å²) in [7, 11) is 0. The number of aromatic nitrogens is 2. The average molecular weight is 358 g/mol. The number of H-pyrrole nitrogens is 1. The molecular formula is C19H20ClN3O2. The third kappa shape index (κ3) is 3.38. The van der Waals surface area contributed by atoms with Crippen LogP contribution in [-0.2, 0) is 6.42 Å². The number of nitrogens with zero attached hydrogens (tertiary/aromatic N) is 1. The van der Waals surface area contributed by atoms with Crippen molar-refractivity contribution in [1.29, 1.82) is 0 Å². The summed E-state index contributed by atoms with van der Waals surface area (Å²) in [6, 6.07) is 7.08. The Morgan fingerprint density at radius 3 is 2.72 bits per heavy atom. The van der Waals surface area contributed by atoms with Crippen molar-refractivity contribution in [2.24, 2.45) is 5.73 Å². The van der Waals surface area contributed by atoms with Crippen molar-refractivity contribution in [2.45, 2.75) is 26.2 Å². The van der Waals surface area contributed by atoms with Gasteiger partial charge in [0, 0.05) is 11.6 Å². The molecule has 2 aromatic heterocycles. The van der Waals surface area contributed by atoms with Crippen LogP contribution in [0.2, 0.25) is 5.02 Å². The van der Waals surface area contributed by atoms with E-state index in [1.165, 1.54) is 0 Å². The van der Waals surface area contributed by atoms with Gasteiger partial charge in [-0.1, -0.05) is 17.7 Å². The Hall–Kier alpha value is -2.37. The van der Waals surface area contributed by atoms with E-state index < -0.39 is 5.97 Å². The number of unbranched alkanes of at least 4 members (excludes halogenated alkanes) is 1. The van der Waals surface area contributed by atoms with E-state index in [2.05, 4.69) is 9.97 Å². The fourth-order valence-corrected chi connectivity index (χ4v) is 3.25. The lowest BCUT2D eigenvalue weighted by molar-refractivity contribution is 0.0699. The Morgan fingerprint density at radius 2 is 2.08 bits per heavy atom. The highest BCUT2D eigenvalue weighted by atomic mass is 35.5. The molecule has 4 N–H and O–H groups in total. The number of hydrogen-bond acceptors (Lipinski definition) is 3. The molecule has 0 amide bonds. The van der Waals surface area contributed by atoms with Gasteiger partial charge in [-0.15, -0.1) is 0 Å². The maximum absolute atomic E-state index is 11.7. The molecule has 6 heteroatoms. The van der Waals surface area contributed by atoms with E-state index in [0.29, 0.717) is 28.9 Å². The lowest BCUT2D eigenvalue weighted by atomic mass is 9.99. The van der Waals surface area contributed by atoms with Gasteiger partial charge in [0.15, 0.2) is 0 Å².